The van der Waals surface area contributed by atoms with Gasteiger partial charge in [0.25, 0.3) is 0 Å². The van der Waals surface area contributed by atoms with Crippen molar-refractivity contribution in [1.29, 1.82) is 0 Å². The summed E-state index contributed by atoms with van der Waals surface area (Å²) in [7, 11) is 0. The fraction of sp³-hybridized carbons (Fsp3) is 0.500. The Morgan fingerprint density at radius 3 is 2.46 bits per heavy atom. The molecule has 0 radical (unpaired) electrons. The van der Waals surface area contributed by atoms with Crippen LogP contribution in [0.2, 0.25) is 0 Å². The number of alkyl carbamates (subject to hydrolysis) is 1. The minimum Gasteiger partial charge on any atom is -0.483 e. The van der Waals surface area contributed by atoms with Crippen molar-refractivity contribution in [2.75, 3.05) is 6.61 Å². The minimum absolute atomic E-state index is 0.0575. The van der Waals surface area contributed by atoms with Crippen LogP contribution in [0.5, 0.6) is 0 Å². The molecule has 0 aromatic heterocycles. The van der Waals surface area contributed by atoms with E-state index < -0.39 is 17.7 Å². The molecule has 1 aliphatic heterocycles. The summed E-state index contributed by atoms with van der Waals surface area (Å²) in [4.78, 5) is 23.8. The Hall–Kier alpha value is -2.50. The second-order valence-electron chi connectivity index (χ2n) is 7.21. The van der Waals surface area contributed by atoms with Crippen LogP contribution in [0.4, 0.5) is 4.79 Å². The van der Waals surface area contributed by atoms with Crippen molar-refractivity contribution in [2.24, 2.45) is 0 Å². The van der Waals surface area contributed by atoms with Gasteiger partial charge in [-0.05, 0) is 45.7 Å². The number of carbonyl (C=O) groups is 2. The highest BCUT2D eigenvalue weighted by Gasteiger charge is 2.29. The van der Waals surface area contributed by atoms with Crippen molar-refractivity contribution in [2.45, 2.75) is 59.3 Å². The van der Waals surface area contributed by atoms with E-state index in [4.69, 9.17) is 14.2 Å². The van der Waals surface area contributed by atoms with Crippen LogP contribution >= 0.6 is 0 Å². The summed E-state index contributed by atoms with van der Waals surface area (Å²) in [6.07, 6.45) is 0.147. The summed E-state index contributed by atoms with van der Waals surface area (Å²) in [5.74, 6) is -0.138. The molecular weight excluding hydrogens is 334 g/mol. The number of esters is 1. The molecule has 142 valence electrons. The number of hydrogen-bond acceptors (Lipinski definition) is 5. The summed E-state index contributed by atoms with van der Waals surface area (Å²) in [5, 5.41) is 2.72. The number of hydrogen-bond donors (Lipinski definition) is 1. The van der Waals surface area contributed by atoms with Gasteiger partial charge < -0.3 is 19.5 Å². The van der Waals surface area contributed by atoms with Gasteiger partial charge in [-0.1, -0.05) is 24.3 Å². The lowest BCUT2D eigenvalue weighted by Crippen LogP contribution is -2.32. The van der Waals surface area contributed by atoms with Crippen LogP contribution in [-0.4, -0.2) is 30.4 Å². The second kappa shape index (κ2) is 8.25. The van der Waals surface area contributed by atoms with E-state index in [2.05, 4.69) is 5.32 Å². The Morgan fingerprint density at radius 2 is 1.88 bits per heavy atom. The third-order valence-corrected chi connectivity index (χ3v) is 3.68. The molecule has 1 N–H and O–H groups in total. The van der Waals surface area contributed by atoms with Crippen molar-refractivity contribution < 1.29 is 23.8 Å². The molecule has 1 aliphatic rings. The first-order chi connectivity index (χ1) is 12.2. The van der Waals surface area contributed by atoms with Crippen LogP contribution in [-0.2, 0) is 25.5 Å². The number of rotatable bonds is 5. The van der Waals surface area contributed by atoms with Crippen LogP contribution in [0.3, 0.4) is 0 Å². The maximum atomic E-state index is 12.1. The summed E-state index contributed by atoms with van der Waals surface area (Å²) in [6.45, 7) is 9.82. The molecule has 0 fully saturated rings. The zero-order valence-electron chi connectivity index (χ0n) is 16.0. The van der Waals surface area contributed by atoms with Crippen LogP contribution in [0.15, 0.2) is 30.0 Å². The Morgan fingerprint density at radius 1 is 1.23 bits per heavy atom. The van der Waals surface area contributed by atoms with E-state index in [0.29, 0.717) is 25.3 Å². The standard InChI is InChI=1S/C20H27NO5/c1-6-24-18(22)17-16(11-13(2)25-17)15-9-7-14(8-10-15)12-21-19(23)26-20(3,4)5/h7-10,13H,6,11-12H2,1-5H3,(H,21,23). The van der Waals surface area contributed by atoms with E-state index in [0.717, 1.165) is 16.7 Å². The lowest BCUT2D eigenvalue weighted by Gasteiger charge is -2.19. The lowest BCUT2D eigenvalue weighted by molar-refractivity contribution is -0.142. The average Bonchev–Trinajstić information content (AvgIpc) is 2.94. The smallest absolute Gasteiger partial charge is 0.407 e. The predicted molar refractivity (Wildman–Crippen MR) is 98.2 cm³/mol. The highest BCUT2D eigenvalue weighted by molar-refractivity contribution is 5.96. The first kappa shape index (κ1) is 19.8. The molecule has 1 aromatic rings. The number of amides is 1. The normalized spacial score (nSPS) is 16.9. The number of ether oxygens (including phenoxy) is 3. The van der Waals surface area contributed by atoms with E-state index in [1.165, 1.54) is 0 Å². The summed E-state index contributed by atoms with van der Waals surface area (Å²) in [5.41, 5.74) is 2.18. The Kier molecular flexibility index (Phi) is 6.29. The fourth-order valence-corrected chi connectivity index (χ4v) is 2.62. The molecule has 1 aromatic carbocycles. The minimum atomic E-state index is -0.525. The van der Waals surface area contributed by atoms with Crippen LogP contribution in [0, 0.1) is 0 Å². The van der Waals surface area contributed by atoms with Crippen LogP contribution < -0.4 is 5.32 Å². The SMILES string of the molecule is CCOC(=O)C1=C(c2ccc(CNC(=O)OC(C)(C)C)cc2)CC(C)O1. The maximum absolute atomic E-state index is 12.1. The van der Waals surface area contributed by atoms with Gasteiger partial charge in [0, 0.05) is 18.5 Å². The van der Waals surface area contributed by atoms with E-state index in [-0.39, 0.29) is 6.10 Å². The first-order valence-corrected chi connectivity index (χ1v) is 8.82. The molecule has 1 heterocycles. The van der Waals surface area contributed by atoms with Gasteiger partial charge in [-0.25, -0.2) is 9.59 Å². The topological polar surface area (TPSA) is 73.9 Å². The number of carbonyl (C=O) groups excluding carboxylic acids is 2. The predicted octanol–water partition coefficient (Wildman–Crippen LogP) is 3.79. The largest absolute Gasteiger partial charge is 0.483 e. The van der Waals surface area contributed by atoms with E-state index >= 15 is 0 Å². The molecule has 1 unspecified atom stereocenters. The third kappa shape index (κ3) is 5.51. The Labute approximate surface area is 154 Å². The van der Waals surface area contributed by atoms with Crippen LogP contribution in [0.1, 0.15) is 52.2 Å². The van der Waals surface area contributed by atoms with Crippen LogP contribution in [0.25, 0.3) is 5.57 Å². The van der Waals surface area contributed by atoms with Crippen molar-refractivity contribution in [3.8, 4) is 0 Å². The average molecular weight is 361 g/mol. The number of benzene rings is 1. The van der Waals surface area contributed by atoms with E-state index in [1.807, 2.05) is 52.0 Å². The fourth-order valence-electron chi connectivity index (χ4n) is 2.62. The van der Waals surface area contributed by atoms with Gasteiger partial charge in [-0.3, -0.25) is 0 Å². The van der Waals surface area contributed by atoms with Crippen molar-refractivity contribution >= 4 is 17.6 Å². The van der Waals surface area contributed by atoms with Crippen molar-refractivity contribution in [3.63, 3.8) is 0 Å². The Bertz CT molecular complexity index is 685. The quantitative estimate of drug-likeness (QED) is 0.808. The molecule has 1 amide bonds. The maximum Gasteiger partial charge on any atom is 0.407 e. The van der Waals surface area contributed by atoms with Gasteiger partial charge in [-0.15, -0.1) is 0 Å². The molecule has 26 heavy (non-hydrogen) atoms. The van der Waals surface area contributed by atoms with Gasteiger partial charge in [0.2, 0.25) is 5.76 Å². The second-order valence-corrected chi connectivity index (χ2v) is 7.21. The molecule has 0 saturated carbocycles. The Balaban J connectivity index is 2.05. The molecule has 1 atom stereocenters. The molecule has 0 aliphatic carbocycles. The zero-order chi connectivity index (χ0) is 19.3. The molecule has 6 nitrogen and oxygen atoms in total. The summed E-state index contributed by atoms with van der Waals surface area (Å²) >= 11 is 0. The first-order valence-electron chi connectivity index (χ1n) is 8.82. The highest BCUT2D eigenvalue weighted by atomic mass is 16.6. The molecular formula is C20H27NO5. The highest BCUT2D eigenvalue weighted by Crippen LogP contribution is 2.33. The third-order valence-electron chi connectivity index (χ3n) is 3.68. The molecule has 0 spiro atoms. The lowest BCUT2D eigenvalue weighted by atomic mass is 10.00. The number of nitrogens with one attached hydrogen (secondary N) is 1. The van der Waals surface area contributed by atoms with Gasteiger partial charge in [0.05, 0.1) is 6.61 Å². The van der Waals surface area contributed by atoms with Gasteiger partial charge in [-0.2, -0.15) is 0 Å². The van der Waals surface area contributed by atoms with Gasteiger partial charge in [0.15, 0.2) is 0 Å². The van der Waals surface area contributed by atoms with Gasteiger partial charge >= 0.3 is 12.1 Å². The van der Waals surface area contributed by atoms with Crippen molar-refractivity contribution in [1.82, 2.24) is 5.32 Å². The van der Waals surface area contributed by atoms with Crippen molar-refractivity contribution in [3.05, 3.63) is 41.2 Å². The molecule has 0 bridgehead atoms. The van der Waals surface area contributed by atoms with E-state index in [9.17, 15) is 9.59 Å². The summed E-state index contributed by atoms with van der Waals surface area (Å²) < 4.78 is 15.9. The molecule has 0 saturated heterocycles. The van der Waals surface area contributed by atoms with Gasteiger partial charge in [0.1, 0.15) is 11.7 Å². The monoisotopic (exact) mass is 361 g/mol. The molecule has 6 heteroatoms. The molecule has 2 rings (SSSR count). The zero-order valence-corrected chi connectivity index (χ0v) is 16.0. The van der Waals surface area contributed by atoms with E-state index in [1.54, 1.807) is 6.92 Å². The summed E-state index contributed by atoms with van der Waals surface area (Å²) in [6, 6.07) is 7.65.